The van der Waals surface area contributed by atoms with Crippen molar-refractivity contribution < 1.29 is 181 Å². The van der Waals surface area contributed by atoms with Gasteiger partial charge in [-0.05, 0) is 196 Å². The zero-order valence-electron chi connectivity index (χ0n) is 84.2. The second-order valence-electron chi connectivity index (χ2n) is 27.6. The van der Waals surface area contributed by atoms with Crippen molar-refractivity contribution >= 4 is 92.3 Å². The van der Waals surface area contributed by atoms with E-state index in [9.17, 15) is 54.0 Å². The predicted octanol–water partition coefficient (Wildman–Crippen LogP) is 13.0. The molecule has 144 heavy (non-hydrogen) atoms. The number of phenols is 2. The Morgan fingerprint density at radius 2 is 0.729 bits per heavy atom. The molecule has 4 aromatic heterocycles. The molecule has 0 unspecified atom stereocenters. The van der Waals surface area contributed by atoms with Gasteiger partial charge >= 0.3 is 94.2 Å². The minimum absolute atomic E-state index is 0. The number of aromatic hydroxyl groups is 2. The van der Waals surface area contributed by atoms with E-state index in [1.54, 1.807) is 246 Å². The molecule has 0 bridgehead atoms. The number of phenolic OH excluding ortho intramolecular Hbond substituents is 2. The third-order valence-electron chi connectivity index (χ3n) is 18.7. The number of methoxy groups -OCH3 is 11. The van der Waals surface area contributed by atoms with Gasteiger partial charge in [0, 0.05) is 97.6 Å². The number of aromatic amines is 2. The van der Waals surface area contributed by atoms with Crippen LogP contribution in [0.4, 0.5) is 0 Å². The first-order valence-electron chi connectivity index (χ1n) is 42.4. The molecule has 0 aliphatic rings. The van der Waals surface area contributed by atoms with E-state index in [-0.39, 0.29) is 116 Å². The molecule has 0 radical (unpaired) electrons. The van der Waals surface area contributed by atoms with Crippen molar-refractivity contribution in [3.05, 3.63) is 290 Å². The first-order valence-corrected chi connectivity index (χ1v) is 42.4. The Morgan fingerprint density at radius 3 is 1.16 bits per heavy atom. The second kappa shape index (κ2) is 66.3. The number of fused-ring (bicyclic) bond motifs is 5. The maximum absolute atomic E-state index is 12.3. The van der Waals surface area contributed by atoms with Gasteiger partial charge in [-0.3, -0.25) is 19.2 Å². The third kappa shape index (κ3) is 38.5. The molecule has 35 nitrogen and oxygen atoms in total. The van der Waals surface area contributed by atoms with Gasteiger partial charge in [0.25, 0.3) is 0 Å². The van der Waals surface area contributed by atoms with Crippen LogP contribution in [0.25, 0.3) is 78.2 Å². The van der Waals surface area contributed by atoms with Crippen LogP contribution in [0.3, 0.4) is 0 Å². The number of benzene rings is 10. The molecule has 4 heterocycles. The van der Waals surface area contributed by atoms with E-state index in [0.29, 0.717) is 143 Å². The molecular formula is C107H104N8Na2O27. The summed E-state index contributed by atoms with van der Waals surface area (Å²) in [6.07, 6.45) is 7.76. The zero-order valence-corrected chi connectivity index (χ0v) is 86.2. The van der Waals surface area contributed by atoms with E-state index in [2.05, 4.69) is 19.4 Å². The molecule has 0 aliphatic heterocycles. The van der Waals surface area contributed by atoms with Crippen molar-refractivity contribution in [2.24, 2.45) is 0 Å². The number of aromatic nitrogens is 2. The van der Waals surface area contributed by atoms with E-state index in [4.69, 9.17) is 96.6 Å². The molecule has 4 N–H and O–H groups in total. The number of nitrogens with zero attached hydrogens (tertiary/aromatic N) is 6. The molecule has 10 aromatic carbocycles. The number of rotatable bonds is 25. The molecular weight excluding hydrogens is 1880 g/mol. The topological polar surface area (TPSA) is 516 Å². The van der Waals surface area contributed by atoms with Crippen LogP contribution in [0.5, 0.6) is 74.7 Å². The van der Waals surface area contributed by atoms with E-state index in [1.165, 1.54) is 47.7 Å². The van der Waals surface area contributed by atoms with Crippen LogP contribution in [0.15, 0.2) is 254 Å². The number of nitrogens with one attached hydrogen (secondary N) is 2. The summed E-state index contributed by atoms with van der Waals surface area (Å²) in [7, 11) is 17.0. The first-order chi connectivity index (χ1) is 68.7. The molecule has 736 valence electrons. The van der Waals surface area contributed by atoms with Crippen molar-refractivity contribution in [3.63, 3.8) is 0 Å². The molecule has 0 spiro atoms. The Hall–Kier alpha value is -17.3. The zero-order chi connectivity index (χ0) is 104. The quantitative estimate of drug-likeness (QED) is 0.00785. The van der Waals surface area contributed by atoms with Crippen molar-refractivity contribution in [1.82, 2.24) is 9.97 Å². The van der Waals surface area contributed by atoms with Gasteiger partial charge in [-0.1, -0.05) is 48.5 Å². The molecule has 0 saturated heterocycles. The Labute approximate surface area is 877 Å². The summed E-state index contributed by atoms with van der Waals surface area (Å²) in [5.74, 6) is 5.16. The van der Waals surface area contributed by atoms with E-state index in [1.807, 2.05) is 85.1 Å². The fourth-order valence-electron chi connectivity index (χ4n) is 12.1. The van der Waals surface area contributed by atoms with Crippen LogP contribution in [-0.2, 0) is 38.1 Å². The van der Waals surface area contributed by atoms with Crippen LogP contribution in [0.1, 0.15) is 86.4 Å². The van der Waals surface area contributed by atoms with Crippen molar-refractivity contribution in [2.75, 3.05) is 105 Å². The van der Waals surface area contributed by atoms with Gasteiger partial charge in [0.15, 0.2) is 0 Å². The van der Waals surface area contributed by atoms with Crippen molar-refractivity contribution in [1.29, 1.82) is 31.6 Å². The number of carbonyl (C=O) groups excluding carboxylic acids is 6. The van der Waals surface area contributed by atoms with Gasteiger partial charge in [0.05, 0.1) is 117 Å². The summed E-state index contributed by atoms with van der Waals surface area (Å²) >= 11 is 0. The fourth-order valence-corrected chi connectivity index (χ4v) is 12.1. The number of aldehydes is 2. The summed E-state index contributed by atoms with van der Waals surface area (Å²) in [6.45, 7) is 7.95. The number of ether oxygens (including phenoxy) is 15. The minimum Gasteiger partial charge on any atom is -1.00 e. The minimum atomic E-state index is -0.708. The molecule has 0 saturated carbocycles. The normalized spacial score (nSPS) is 9.73. The number of hydrogen-bond acceptors (Lipinski definition) is 33. The molecule has 0 aliphatic carbocycles. The van der Waals surface area contributed by atoms with Crippen LogP contribution in [-0.4, -0.2) is 161 Å². The average molecular weight is 1980 g/mol. The monoisotopic (exact) mass is 1980 g/mol. The number of carbonyl (C=O) groups is 6. The van der Waals surface area contributed by atoms with Gasteiger partial charge in [-0.15, -0.1) is 0 Å². The fraction of sp³-hybridized carbons (Fsp3) is 0.196. The smallest absolute Gasteiger partial charge is 1.00 e. The van der Waals surface area contributed by atoms with Gasteiger partial charge in [0.2, 0.25) is 0 Å². The third-order valence-corrected chi connectivity index (χ3v) is 18.7. The summed E-state index contributed by atoms with van der Waals surface area (Å²) in [4.78, 5) is 94.7. The Balaban J connectivity index is 0.000000830. The van der Waals surface area contributed by atoms with Crippen LogP contribution < -0.4 is 122 Å². The summed E-state index contributed by atoms with van der Waals surface area (Å²) < 4.78 is 85.0. The maximum Gasteiger partial charge on any atom is 1.00 e. The Morgan fingerprint density at radius 1 is 0.361 bits per heavy atom. The summed E-state index contributed by atoms with van der Waals surface area (Å²) in [5.41, 5.74) is 6.02. The molecule has 14 aromatic rings. The first kappa shape index (κ1) is 121. The van der Waals surface area contributed by atoms with Gasteiger partial charge in [-0.2, -0.15) is 31.6 Å². The average Bonchev–Trinajstić information content (AvgIpc) is 0.825. The number of H-pyrrole nitrogens is 2. The number of nitriles is 6. The molecule has 0 atom stereocenters. The summed E-state index contributed by atoms with van der Waals surface area (Å²) in [5, 5.41) is 73.7. The van der Waals surface area contributed by atoms with Gasteiger partial charge in [-0.25, -0.2) is 19.2 Å². The van der Waals surface area contributed by atoms with Crippen molar-refractivity contribution in [2.45, 2.75) is 40.5 Å². The Kier molecular flexibility index (Phi) is 55.7. The van der Waals surface area contributed by atoms with Crippen LogP contribution in [0, 0.1) is 68.0 Å². The van der Waals surface area contributed by atoms with Gasteiger partial charge in [0.1, 0.15) is 158 Å². The van der Waals surface area contributed by atoms with Crippen molar-refractivity contribution in [3.8, 4) is 133 Å². The van der Waals surface area contributed by atoms with Gasteiger partial charge < -0.3 is 103 Å². The molecule has 0 amide bonds. The van der Waals surface area contributed by atoms with E-state index < -0.39 is 35.1 Å². The standard InChI is InChI=1S/C19H12N2O3.C19H15NO5.C14H15NO4.C13H13NO3.C9H10O3.C8H7NO.C8H8O2.C7H8O2.2C5H7NO2.2Na.2H/c1-23-12-4-2-3-11(9-12)17-14-5-6-16-13(7-8-21-16)18(14)24-19(22)15(17)10-20;1-22-12-4-5-15-17(9-12)25-19(21)16(10-20)18(15)11-6-13(23-2)8-14(7-11)24-3;1-4-19-14(16)11(9-15)5-10-6-12(17-2)8-13(7-10)18-3;1-3-17-13(15)11(9-14)7-10-5-4-6-12(8-10)16-2;1-11-8-3-7(6-10)4-9(5-8)12-2;10-8-3-1-2-7-6(8)4-5-9-7;1-10-8-4-2-3-7(5-8)6-9;1-9-7-4-2-3-6(8)5-7;2*1-2-8-5(7)3-4-6;;;;/h2-9,21H,1H3;4-9H,1-3H3;5-8H,4H2,1-3H3;4-8H,3H2,1-2H3;3-6H,1-2H3;1-5,9-10H;2-6H,1H3;2-5,8H,1H3;2*2-3H2,1H3;;;;/q;;;;;;;;;;2*+1;2*-1/b;;11-5+;11-7+;;;;;;;;;;. The molecule has 37 heteroatoms. The predicted molar refractivity (Wildman–Crippen MR) is 530 cm³/mol. The van der Waals surface area contributed by atoms with E-state index in [0.717, 1.165) is 39.9 Å². The summed E-state index contributed by atoms with van der Waals surface area (Å²) in [6, 6.07) is 72.2. The molecule has 0 fully saturated rings. The van der Waals surface area contributed by atoms with Crippen LogP contribution in [0.2, 0.25) is 0 Å². The molecule has 14 rings (SSSR count). The Bertz CT molecular complexity index is 7010. The van der Waals surface area contributed by atoms with Crippen LogP contribution >= 0.6 is 0 Å². The van der Waals surface area contributed by atoms with E-state index >= 15 is 0 Å². The maximum atomic E-state index is 12.3. The largest absolute Gasteiger partial charge is 1.00 e. The second-order valence-corrected chi connectivity index (χ2v) is 27.6. The number of hydrogen-bond donors (Lipinski definition) is 4. The SMILES string of the molecule is CCOC(=O)/C(C#N)=C/c1cc(OC)cc(OC)c1.CCOC(=O)/C(C#N)=C/c1cccc(OC)c1.CCOC(=O)CC#N.CCOC(=O)CC#N.COc1cc(C=O)cc(OC)c1.COc1cc(OC)cc(-c2c(C#N)c(=O)oc3cc(OC)ccc23)c1.COc1cccc(-c2c(C#N)c(=O)oc3c2ccc2[nH]ccc23)c1.COc1cccc(C=O)c1.COc1cccc(O)c1.Oc1cccc2[nH]ccc12.[H-].[H-].[Na+].[Na+]. The number of esters is 4.